The Morgan fingerprint density at radius 2 is 1.69 bits per heavy atom. The monoisotopic (exact) mass is 526 g/mol. The molecule has 0 aliphatic heterocycles. The van der Waals surface area contributed by atoms with Gasteiger partial charge in [-0.3, -0.25) is 0 Å². The SMILES string of the molecule is CC(C)[C@H](COC(=O)C(F)(F)F)NS(=O)(=O)c1ccccc1-c1ccc(-c2cnc(N)nc2)c(F)c1. The molecule has 1 atom stereocenters. The number of nitrogen functional groups attached to an aromatic ring is 1. The number of hydrogen-bond acceptors (Lipinski definition) is 7. The summed E-state index contributed by atoms with van der Waals surface area (Å²) in [4.78, 5) is 18.5. The van der Waals surface area contributed by atoms with E-state index in [0.29, 0.717) is 5.56 Å². The number of anilines is 1. The summed E-state index contributed by atoms with van der Waals surface area (Å²) in [5.41, 5.74) is 6.37. The van der Waals surface area contributed by atoms with Crippen molar-refractivity contribution in [2.45, 2.75) is 31.0 Å². The number of benzene rings is 2. The van der Waals surface area contributed by atoms with Crippen LogP contribution >= 0.6 is 0 Å². The number of rotatable bonds is 8. The molecule has 1 aromatic heterocycles. The number of carbonyl (C=O) groups is 1. The van der Waals surface area contributed by atoms with Crippen molar-refractivity contribution in [3.05, 3.63) is 60.7 Å². The van der Waals surface area contributed by atoms with E-state index in [1.807, 2.05) is 0 Å². The molecule has 0 aliphatic carbocycles. The van der Waals surface area contributed by atoms with Crippen LogP contribution in [0.5, 0.6) is 0 Å². The zero-order valence-electron chi connectivity index (χ0n) is 19.1. The van der Waals surface area contributed by atoms with Crippen molar-refractivity contribution >= 4 is 21.9 Å². The highest BCUT2D eigenvalue weighted by molar-refractivity contribution is 7.89. The van der Waals surface area contributed by atoms with Crippen LogP contribution in [-0.4, -0.2) is 43.2 Å². The first kappa shape index (κ1) is 27.0. The highest BCUT2D eigenvalue weighted by Crippen LogP contribution is 2.31. The molecule has 0 fully saturated rings. The van der Waals surface area contributed by atoms with Gasteiger partial charge in [-0.15, -0.1) is 0 Å². The number of aromatic nitrogens is 2. The third-order valence-electron chi connectivity index (χ3n) is 5.18. The van der Waals surface area contributed by atoms with Gasteiger partial charge in [0.15, 0.2) is 0 Å². The molecule has 3 rings (SSSR count). The molecule has 3 aromatic rings. The smallest absolute Gasteiger partial charge is 0.457 e. The van der Waals surface area contributed by atoms with E-state index in [1.165, 1.54) is 42.7 Å². The molecule has 0 bridgehead atoms. The Kier molecular flexibility index (Phi) is 7.94. The minimum atomic E-state index is -5.21. The van der Waals surface area contributed by atoms with Crippen LogP contribution in [0.4, 0.5) is 23.5 Å². The van der Waals surface area contributed by atoms with Crippen LogP contribution in [0, 0.1) is 11.7 Å². The maximum absolute atomic E-state index is 14.9. The summed E-state index contributed by atoms with van der Waals surface area (Å²) in [6.45, 7) is 2.27. The maximum Gasteiger partial charge on any atom is 0.490 e. The summed E-state index contributed by atoms with van der Waals surface area (Å²) in [5.74, 6) is -3.59. The molecule has 2 aromatic carbocycles. The summed E-state index contributed by atoms with van der Waals surface area (Å²) in [6.07, 6.45) is -2.51. The van der Waals surface area contributed by atoms with Gasteiger partial charge in [0.05, 0.1) is 10.9 Å². The standard InChI is InChI=1S/C23H22F4N4O4S/c1-13(2)19(12-35-21(32)23(25,26)27)31-36(33,34)20-6-4-3-5-17(20)14-7-8-16(18(24)9-14)15-10-29-22(28)30-11-15/h3-11,13,19,31H,12H2,1-2H3,(H2,28,29,30)/t19-/m0/s1. The van der Waals surface area contributed by atoms with Gasteiger partial charge < -0.3 is 10.5 Å². The average Bonchev–Trinajstić information content (AvgIpc) is 2.81. The second-order valence-electron chi connectivity index (χ2n) is 8.09. The fourth-order valence-electron chi connectivity index (χ4n) is 3.21. The average molecular weight is 527 g/mol. The summed E-state index contributed by atoms with van der Waals surface area (Å²) < 4.78 is 85.3. The molecule has 13 heteroatoms. The first-order valence-electron chi connectivity index (χ1n) is 10.5. The molecule has 0 spiro atoms. The molecule has 0 unspecified atom stereocenters. The van der Waals surface area contributed by atoms with Crippen molar-refractivity contribution in [1.82, 2.24) is 14.7 Å². The molecule has 192 valence electrons. The molecular weight excluding hydrogens is 504 g/mol. The zero-order chi connectivity index (χ0) is 26.7. The van der Waals surface area contributed by atoms with E-state index in [9.17, 15) is 30.8 Å². The van der Waals surface area contributed by atoms with E-state index in [4.69, 9.17) is 5.73 Å². The number of nitrogens with zero attached hydrogens (tertiary/aromatic N) is 2. The van der Waals surface area contributed by atoms with Crippen molar-refractivity contribution < 1.29 is 35.5 Å². The van der Waals surface area contributed by atoms with E-state index in [0.717, 1.165) is 6.07 Å². The van der Waals surface area contributed by atoms with E-state index in [2.05, 4.69) is 19.4 Å². The normalized spacial score (nSPS) is 13.0. The van der Waals surface area contributed by atoms with E-state index < -0.39 is 46.6 Å². The van der Waals surface area contributed by atoms with Crippen molar-refractivity contribution in [3.63, 3.8) is 0 Å². The Morgan fingerprint density at radius 1 is 1.06 bits per heavy atom. The summed E-state index contributed by atoms with van der Waals surface area (Å²) in [6, 6.07) is 8.67. The van der Waals surface area contributed by atoms with Gasteiger partial charge in [0.1, 0.15) is 12.4 Å². The number of esters is 1. The molecule has 8 nitrogen and oxygen atoms in total. The number of ether oxygens (including phenoxy) is 1. The van der Waals surface area contributed by atoms with Gasteiger partial charge in [-0.2, -0.15) is 13.2 Å². The van der Waals surface area contributed by atoms with Crippen LogP contribution in [0.25, 0.3) is 22.3 Å². The number of hydrogen-bond donors (Lipinski definition) is 2. The Bertz CT molecular complexity index is 1350. The van der Waals surface area contributed by atoms with Gasteiger partial charge in [0, 0.05) is 29.1 Å². The number of sulfonamides is 1. The number of nitrogens with two attached hydrogens (primary N) is 1. The van der Waals surface area contributed by atoms with Gasteiger partial charge in [0.25, 0.3) is 0 Å². The predicted molar refractivity (Wildman–Crippen MR) is 123 cm³/mol. The van der Waals surface area contributed by atoms with Gasteiger partial charge in [0.2, 0.25) is 16.0 Å². The number of nitrogens with one attached hydrogen (secondary N) is 1. The zero-order valence-corrected chi connectivity index (χ0v) is 19.9. The van der Waals surface area contributed by atoms with Crippen molar-refractivity contribution in [1.29, 1.82) is 0 Å². The molecule has 0 amide bonds. The van der Waals surface area contributed by atoms with Gasteiger partial charge >= 0.3 is 12.1 Å². The molecule has 36 heavy (non-hydrogen) atoms. The summed E-state index contributed by atoms with van der Waals surface area (Å²) in [7, 11) is -4.33. The Labute approximate surface area is 204 Å². The van der Waals surface area contributed by atoms with Gasteiger partial charge in [-0.05, 0) is 23.6 Å². The molecular formula is C23H22F4N4O4S. The highest BCUT2D eigenvalue weighted by atomic mass is 32.2. The lowest BCUT2D eigenvalue weighted by Gasteiger charge is -2.23. The Hall–Kier alpha value is -3.58. The van der Waals surface area contributed by atoms with Crippen LogP contribution < -0.4 is 10.5 Å². The second-order valence-corrected chi connectivity index (χ2v) is 9.77. The predicted octanol–water partition coefficient (Wildman–Crippen LogP) is 3.94. The topological polar surface area (TPSA) is 124 Å². The van der Waals surface area contributed by atoms with Crippen molar-refractivity contribution in [2.24, 2.45) is 5.92 Å². The van der Waals surface area contributed by atoms with Crippen LogP contribution in [0.3, 0.4) is 0 Å². The largest absolute Gasteiger partial charge is 0.490 e. The van der Waals surface area contributed by atoms with Crippen LogP contribution in [0.15, 0.2) is 59.8 Å². The fourth-order valence-corrected chi connectivity index (χ4v) is 4.80. The lowest BCUT2D eigenvalue weighted by atomic mass is 10.0. The summed E-state index contributed by atoms with van der Waals surface area (Å²) >= 11 is 0. The van der Waals surface area contributed by atoms with E-state index >= 15 is 0 Å². The van der Waals surface area contributed by atoms with E-state index in [-0.39, 0.29) is 27.5 Å². The second kappa shape index (κ2) is 10.6. The van der Waals surface area contributed by atoms with Crippen molar-refractivity contribution in [3.8, 4) is 22.3 Å². The molecule has 0 radical (unpaired) electrons. The number of halogens is 4. The first-order valence-corrected chi connectivity index (χ1v) is 12.0. The Balaban J connectivity index is 1.91. The minimum Gasteiger partial charge on any atom is -0.457 e. The van der Waals surface area contributed by atoms with Crippen molar-refractivity contribution in [2.75, 3.05) is 12.3 Å². The van der Waals surface area contributed by atoms with Gasteiger partial charge in [-0.1, -0.05) is 44.2 Å². The third-order valence-corrected chi connectivity index (χ3v) is 6.72. The third kappa shape index (κ3) is 6.34. The lowest BCUT2D eigenvalue weighted by Crippen LogP contribution is -2.43. The van der Waals surface area contributed by atoms with Gasteiger partial charge in [-0.25, -0.2) is 32.3 Å². The summed E-state index contributed by atoms with van der Waals surface area (Å²) in [5, 5.41) is 0. The van der Waals surface area contributed by atoms with Crippen LogP contribution in [0.1, 0.15) is 13.8 Å². The molecule has 0 aliphatic rings. The minimum absolute atomic E-state index is 0.0234. The first-order chi connectivity index (χ1) is 16.8. The quantitative estimate of drug-likeness (QED) is 0.337. The maximum atomic E-state index is 14.9. The van der Waals surface area contributed by atoms with Crippen LogP contribution in [0.2, 0.25) is 0 Å². The number of carbonyl (C=O) groups excluding carboxylic acids is 1. The number of alkyl halides is 3. The van der Waals surface area contributed by atoms with Crippen LogP contribution in [-0.2, 0) is 19.6 Å². The highest BCUT2D eigenvalue weighted by Gasteiger charge is 2.41. The molecule has 3 N–H and O–H groups in total. The molecule has 1 heterocycles. The van der Waals surface area contributed by atoms with E-state index in [1.54, 1.807) is 19.9 Å². The Morgan fingerprint density at radius 3 is 2.28 bits per heavy atom. The fraction of sp³-hybridized carbons (Fsp3) is 0.261. The lowest BCUT2D eigenvalue weighted by molar-refractivity contribution is -0.200. The molecule has 0 saturated heterocycles. The molecule has 0 saturated carbocycles.